The molecule has 1 aromatic heterocycles. The monoisotopic (exact) mass is 471 g/mol. The van der Waals surface area contributed by atoms with Crippen molar-refractivity contribution in [2.45, 2.75) is 55.3 Å². The summed E-state index contributed by atoms with van der Waals surface area (Å²) >= 11 is 4.82. The molecule has 1 spiro atoms. The summed E-state index contributed by atoms with van der Waals surface area (Å²) in [6.07, 6.45) is 4.37. The average Bonchev–Trinajstić information content (AvgIpc) is 3.46. The molecule has 172 valence electrons. The Kier molecular flexibility index (Phi) is 3.63. The molecule has 1 saturated carbocycles. The van der Waals surface area contributed by atoms with Crippen LogP contribution in [0.5, 0.6) is 11.5 Å². The van der Waals surface area contributed by atoms with Crippen LogP contribution < -0.4 is 4.74 Å². The summed E-state index contributed by atoms with van der Waals surface area (Å²) in [5.74, 6) is 1.49. The van der Waals surface area contributed by atoms with Gasteiger partial charge in [0.2, 0.25) is 0 Å². The molecule has 3 N–H and O–H groups in total. The number of isothiocyanates is 1. The van der Waals surface area contributed by atoms with Crippen molar-refractivity contribution in [2.75, 3.05) is 13.1 Å². The number of hydrogen-bond acceptors (Lipinski definition) is 6. The normalized spacial score (nSPS) is 32.6. The van der Waals surface area contributed by atoms with Gasteiger partial charge in [-0.15, -0.1) is 0 Å². The van der Waals surface area contributed by atoms with E-state index in [0.29, 0.717) is 12.2 Å². The van der Waals surface area contributed by atoms with E-state index in [1.54, 1.807) is 6.07 Å². The number of aromatic nitrogens is 1. The number of hydrogen-bond donors (Lipinski definition) is 3. The lowest BCUT2D eigenvalue weighted by atomic mass is 9.49. The number of aromatic amines is 1. The molecule has 5 aliphatic rings. The topological polar surface area (TPSA) is 81.1 Å². The molecule has 34 heavy (non-hydrogen) atoms. The number of nitrogens with one attached hydrogen (secondary N) is 1. The molecule has 4 atom stereocenters. The minimum Gasteiger partial charge on any atom is -0.504 e. The number of fused-ring (bicyclic) bond motifs is 4. The molecule has 3 aromatic rings. The average molecular weight is 472 g/mol. The highest BCUT2D eigenvalue weighted by Crippen LogP contribution is 2.69. The number of rotatable bonds is 3. The lowest BCUT2D eigenvalue weighted by Gasteiger charge is -2.62. The SMILES string of the molecule is Oc1ccc2c3c1O[C@@H]1c4[nH]c5ccc(N=C=S)cc5c4C[C@]4(O)[C@@H](C2)N(CC2CC2)CCC314. The smallest absolute Gasteiger partial charge is 0.166 e. The highest BCUT2D eigenvalue weighted by Gasteiger charge is 2.72. The zero-order valence-electron chi connectivity index (χ0n) is 18.7. The summed E-state index contributed by atoms with van der Waals surface area (Å²) < 4.78 is 6.62. The minimum atomic E-state index is -0.984. The Morgan fingerprint density at radius 1 is 1.26 bits per heavy atom. The van der Waals surface area contributed by atoms with Crippen LogP contribution in [-0.4, -0.2) is 50.0 Å². The number of likely N-dealkylation sites (tertiary alicyclic amines) is 1. The molecule has 0 amide bonds. The second-order valence-corrected chi connectivity index (χ2v) is 11.1. The van der Waals surface area contributed by atoms with Gasteiger partial charge in [-0.2, -0.15) is 4.99 Å². The molecule has 3 aliphatic carbocycles. The van der Waals surface area contributed by atoms with E-state index in [4.69, 9.17) is 17.0 Å². The van der Waals surface area contributed by atoms with Crippen LogP contribution in [0.2, 0.25) is 0 Å². The van der Waals surface area contributed by atoms with E-state index in [1.807, 2.05) is 24.3 Å². The first-order valence-electron chi connectivity index (χ1n) is 12.2. The summed E-state index contributed by atoms with van der Waals surface area (Å²) in [5, 5.41) is 27.1. The Hall–Kier alpha value is -2.70. The number of nitrogens with zero attached hydrogens (tertiary/aromatic N) is 2. The summed E-state index contributed by atoms with van der Waals surface area (Å²) in [5.41, 5.74) is 4.56. The number of benzene rings is 2. The summed E-state index contributed by atoms with van der Waals surface area (Å²) in [6, 6.07) is 9.79. The summed E-state index contributed by atoms with van der Waals surface area (Å²) in [4.78, 5) is 10.4. The molecule has 1 unspecified atom stereocenters. The van der Waals surface area contributed by atoms with Crippen LogP contribution in [0.25, 0.3) is 10.9 Å². The molecule has 2 bridgehead atoms. The lowest BCUT2D eigenvalue weighted by Crippen LogP contribution is -2.74. The van der Waals surface area contributed by atoms with E-state index < -0.39 is 11.0 Å². The quantitative estimate of drug-likeness (QED) is 0.392. The number of aliphatic hydroxyl groups is 1. The van der Waals surface area contributed by atoms with Crippen LogP contribution in [-0.2, 0) is 18.3 Å². The molecular weight excluding hydrogens is 446 g/mol. The third kappa shape index (κ3) is 2.20. The highest BCUT2D eigenvalue weighted by atomic mass is 32.1. The van der Waals surface area contributed by atoms with Crippen molar-refractivity contribution >= 4 is 34.0 Å². The second-order valence-electron chi connectivity index (χ2n) is 10.9. The Balaban J connectivity index is 1.40. The van der Waals surface area contributed by atoms with Crippen LogP contribution in [0.1, 0.15) is 47.8 Å². The molecule has 7 heteroatoms. The number of piperidine rings is 1. The second kappa shape index (κ2) is 6.29. The molecule has 3 heterocycles. The van der Waals surface area contributed by atoms with Gasteiger partial charge in [0.1, 0.15) is 0 Å². The van der Waals surface area contributed by atoms with Crippen molar-refractivity contribution in [1.29, 1.82) is 0 Å². The number of thiocarbonyl (C=S) groups is 1. The third-order valence-corrected chi connectivity index (χ3v) is 9.41. The zero-order chi connectivity index (χ0) is 22.8. The molecule has 8 rings (SSSR count). The van der Waals surface area contributed by atoms with E-state index in [2.05, 4.69) is 20.0 Å². The number of ether oxygens (including phenoxy) is 1. The van der Waals surface area contributed by atoms with Gasteiger partial charge in [-0.25, -0.2) is 0 Å². The Labute approximate surface area is 202 Å². The van der Waals surface area contributed by atoms with Gasteiger partial charge < -0.3 is 19.9 Å². The van der Waals surface area contributed by atoms with E-state index in [9.17, 15) is 10.2 Å². The Morgan fingerprint density at radius 3 is 2.97 bits per heavy atom. The molecule has 6 nitrogen and oxygen atoms in total. The van der Waals surface area contributed by atoms with E-state index in [-0.39, 0.29) is 17.9 Å². The predicted molar refractivity (Wildman–Crippen MR) is 131 cm³/mol. The van der Waals surface area contributed by atoms with Gasteiger partial charge in [0.05, 0.1) is 27.6 Å². The van der Waals surface area contributed by atoms with Crippen molar-refractivity contribution in [1.82, 2.24) is 9.88 Å². The van der Waals surface area contributed by atoms with Gasteiger partial charge in [-0.3, -0.25) is 4.90 Å². The predicted octanol–water partition coefficient (Wildman–Crippen LogP) is 4.31. The van der Waals surface area contributed by atoms with Gasteiger partial charge >= 0.3 is 0 Å². The first-order chi connectivity index (χ1) is 16.5. The maximum Gasteiger partial charge on any atom is 0.166 e. The van der Waals surface area contributed by atoms with Crippen LogP contribution in [0.4, 0.5) is 5.69 Å². The fourth-order valence-electron chi connectivity index (χ4n) is 7.73. The van der Waals surface area contributed by atoms with Gasteiger partial charge in [0, 0.05) is 35.5 Å². The summed E-state index contributed by atoms with van der Waals surface area (Å²) in [6.45, 7) is 2.00. The molecule has 2 fully saturated rings. The van der Waals surface area contributed by atoms with Crippen LogP contribution in [0.3, 0.4) is 0 Å². The molecule has 2 aliphatic heterocycles. The maximum atomic E-state index is 12.8. The molecule has 1 saturated heterocycles. The number of phenolic OH excluding ortho intramolecular Hbond substituents is 1. The van der Waals surface area contributed by atoms with Crippen molar-refractivity contribution in [3.63, 3.8) is 0 Å². The zero-order valence-corrected chi connectivity index (χ0v) is 19.5. The van der Waals surface area contributed by atoms with Crippen LogP contribution in [0.15, 0.2) is 35.3 Å². The lowest BCUT2D eigenvalue weighted by molar-refractivity contribution is -0.173. The fraction of sp³-hybridized carbons (Fsp3) is 0.444. The van der Waals surface area contributed by atoms with Gasteiger partial charge in [0.15, 0.2) is 17.6 Å². The maximum absolute atomic E-state index is 12.8. The minimum absolute atomic E-state index is 0.0243. The Bertz CT molecular complexity index is 1460. The first kappa shape index (κ1) is 19.6. The van der Waals surface area contributed by atoms with Crippen LogP contribution in [0, 0.1) is 5.92 Å². The van der Waals surface area contributed by atoms with Crippen molar-refractivity contribution in [3.8, 4) is 11.5 Å². The number of H-pyrrole nitrogens is 1. The molecule has 2 aromatic carbocycles. The van der Waals surface area contributed by atoms with Gasteiger partial charge in [0.25, 0.3) is 0 Å². The van der Waals surface area contributed by atoms with E-state index >= 15 is 0 Å². The van der Waals surface area contributed by atoms with Crippen LogP contribution >= 0.6 is 12.2 Å². The summed E-state index contributed by atoms with van der Waals surface area (Å²) in [7, 11) is 0. The largest absolute Gasteiger partial charge is 0.504 e. The van der Waals surface area contributed by atoms with E-state index in [1.165, 1.54) is 18.4 Å². The Morgan fingerprint density at radius 2 is 2.15 bits per heavy atom. The first-order valence-corrected chi connectivity index (χ1v) is 12.6. The van der Waals surface area contributed by atoms with Crippen molar-refractivity contribution < 1.29 is 14.9 Å². The standard InChI is InChI=1S/C27H25N3O3S/c31-20-6-3-15-9-21-27(32)11-18-17-10-16(28-13-34)4-5-19(17)29-23(18)25-26(27,22(15)24(20)33-25)7-8-30(21)12-14-1-2-14/h3-6,10,14,21,25,29,31-32H,1-2,7-9,11-12H2/t21-,25-,26?,27+/m1/s1. The number of phenols is 1. The fourth-order valence-corrected chi connectivity index (χ4v) is 7.84. The van der Waals surface area contributed by atoms with Crippen molar-refractivity contribution in [3.05, 3.63) is 52.7 Å². The number of aliphatic imine (C=N–C) groups is 1. The van der Waals surface area contributed by atoms with E-state index in [0.717, 1.165) is 65.3 Å². The highest BCUT2D eigenvalue weighted by molar-refractivity contribution is 7.78. The third-order valence-electron chi connectivity index (χ3n) is 9.32. The van der Waals surface area contributed by atoms with Crippen molar-refractivity contribution in [2.24, 2.45) is 10.9 Å². The number of aromatic hydroxyl groups is 1. The molecular formula is C27H25N3O3S. The molecule has 0 radical (unpaired) electrons. The van der Waals surface area contributed by atoms with Gasteiger partial charge in [-0.05, 0) is 85.8 Å². The van der Waals surface area contributed by atoms with Gasteiger partial charge in [-0.1, -0.05) is 6.07 Å².